The Morgan fingerprint density at radius 1 is 1.33 bits per heavy atom. The molecule has 0 bridgehead atoms. The number of methoxy groups -OCH3 is 2. The molecule has 1 saturated heterocycles. The average molecular weight is 270 g/mol. The summed E-state index contributed by atoms with van der Waals surface area (Å²) in [5.74, 6) is 0. The summed E-state index contributed by atoms with van der Waals surface area (Å²) in [6.45, 7) is 3.80. The maximum absolute atomic E-state index is 6.16. The molecule has 4 unspecified atom stereocenters. The second-order valence-corrected chi connectivity index (χ2v) is 5.64. The van der Waals surface area contributed by atoms with Gasteiger partial charge in [-0.1, -0.05) is 0 Å². The van der Waals surface area contributed by atoms with Crippen LogP contribution in [0.25, 0.3) is 0 Å². The van der Waals surface area contributed by atoms with Crippen molar-refractivity contribution in [2.75, 3.05) is 27.3 Å². The maximum Gasteiger partial charge on any atom is 0.0972 e. The summed E-state index contributed by atoms with van der Waals surface area (Å²) in [5, 5.41) is 4.28. The largest absolute Gasteiger partial charge is 0.377 e. The molecule has 2 N–H and O–H groups in total. The van der Waals surface area contributed by atoms with E-state index in [9.17, 15) is 0 Å². The number of likely N-dealkylation sites (tertiary alicyclic amines) is 1. The van der Waals surface area contributed by atoms with Gasteiger partial charge in [0.2, 0.25) is 0 Å². The highest BCUT2D eigenvalue weighted by atomic mass is 32.1. The van der Waals surface area contributed by atoms with Crippen LogP contribution in [0.1, 0.15) is 18.5 Å². The third-order valence-electron chi connectivity index (χ3n) is 3.63. The van der Waals surface area contributed by atoms with Crippen molar-refractivity contribution >= 4 is 11.3 Å². The summed E-state index contributed by atoms with van der Waals surface area (Å²) in [7, 11) is 3.48. The molecule has 1 aromatic rings. The summed E-state index contributed by atoms with van der Waals surface area (Å²) in [6.07, 6.45) is 0.268. The SMILES string of the molecule is COC1CN(C(c2ccsc2)C(C)N)CC1OC. The van der Waals surface area contributed by atoms with Gasteiger partial charge in [-0.15, -0.1) is 0 Å². The lowest BCUT2D eigenvalue weighted by Crippen LogP contribution is -2.38. The standard InChI is InChI=1S/C13H22N2O2S/c1-9(14)13(10-4-5-18-8-10)15-6-11(16-2)12(7-15)17-3/h4-5,8-9,11-13H,6-7,14H2,1-3H3. The van der Waals surface area contributed by atoms with Crippen molar-refractivity contribution in [1.29, 1.82) is 0 Å². The second-order valence-electron chi connectivity index (χ2n) is 4.86. The number of rotatable bonds is 5. The lowest BCUT2D eigenvalue weighted by atomic mass is 10.0. The van der Waals surface area contributed by atoms with Crippen molar-refractivity contribution in [3.8, 4) is 0 Å². The zero-order chi connectivity index (χ0) is 13.1. The van der Waals surface area contributed by atoms with Gasteiger partial charge in [-0.3, -0.25) is 4.90 Å². The molecule has 4 nitrogen and oxygen atoms in total. The molecule has 1 fully saturated rings. The van der Waals surface area contributed by atoms with E-state index in [1.54, 1.807) is 25.6 Å². The molecule has 1 aliphatic heterocycles. The third-order valence-corrected chi connectivity index (χ3v) is 4.33. The molecular formula is C13H22N2O2S. The first-order valence-corrected chi connectivity index (χ1v) is 7.19. The van der Waals surface area contributed by atoms with Gasteiger partial charge >= 0.3 is 0 Å². The molecule has 0 radical (unpaired) electrons. The summed E-state index contributed by atoms with van der Waals surface area (Å²) in [6, 6.07) is 2.49. The first kappa shape index (κ1) is 14.0. The zero-order valence-corrected chi connectivity index (χ0v) is 12.0. The van der Waals surface area contributed by atoms with Crippen LogP contribution in [-0.2, 0) is 9.47 Å². The quantitative estimate of drug-likeness (QED) is 0.880. The van der Waals surface area contributed by atoms with E-state index < -0.39 is 0 Å². The minimum Gasteiger partial charge on any atom is -0.377 e. The van der Waals surface area contributed by atoms with Crippen LogP contribution >= 0.6 is 11.3 Å². The van der Waals surface area contributed by atoms with Crippen LogP contribution in [0.15, 0.2) is 16.8 Å². The van der Waals surface area contributed by atoms with E-state index in [-0.39, 0.29) is 24.3 Å². The van der Waals surface area contributed by atoms with E-state index in [1.807, 2.05) is 0 Å². The molecule has 5 heteroatoms. The van der Waals surface area contributed by atoms with Crippen LogP contribution in [0.3, 0.4) is 0 Å². The first-order valence-electron chi connectivity index (χ1n) is 6.24. The van der Waals surface area contributed by atoms with Crippen LogP contribution in [0.5, 0.6) is 0 Å². The Morgan fingerprint density at radius 2 is 1.94 bits per heavy atom. The van der Waals surface area contributed by atoms with Gasteiger partial charge in [0.1, 0.15) is 0 Å². The van der Waals surface area contributed by atoms with Gasteiger partial charge in [-0.25, -0.2) is 0 Å². The minimum absolute atomic E-state index is 0.0905. The van der Waals surface area contributed by atoms with E-state index in [2.05, 4.69) is 28.7 Å². The molecule has 0 amide bonds. The molecule has 0 spiro atoms. The molecule has 2 heterocycles. The number of hydrogen-bond acceptors (Lipinski definition) is 5. The lowest BCUT2D eigenvalue weighted by molar-refractivity contribution is -0.00461. The number of ether oxygens (including phenoxy) is 2. The van der Waals surface area contributed by atoms with Gasteiger partial charge < -0.3 is 15.2 Å². The molecule has 18 heavy (non-hydrogen) atoms. The maximum atomic E-state index is 6.16. The van der Waals surface area contributed by atoms with Crippen LogP contribution in [0.4, 0.5) is 0 Å². The normalized spacial score (nSPS) is 28.4. The van der Waals surface area contributed by atoms with Crippen molar-refractivity contribution in [1.82, 2.24) is 4.90 Å². The highest BCUT2D eigenvalue weighted by molar-refractivity contribution is 7.07. The smallest absolute Gasteiger partial charge is 0.0972 e. The van der Waals surface area contributed by atoms with Crippen LogP contribution in [0, 0.1) is 0 Å². The van der Waals surface area contributed by atoms with E-state index in [4.69, 9.17) is 15.2 Å². The predicted octanol–water partition coefficient (Wildman–Crippen LogP) is 1.48. The van der Waals surface area contributed by atoms with Gasteiger partial charge in [-0.2, -0.15) is 11.3 Å². The summed E-state index contributed by atoms with van der Waals surface area (Å²) < 4.78 is 11.0. The fourth-order valence-corrected chi connectivity index (χ4v) is 3.43. The Labute approximate surface area is 113 Å². The molecular weight excluding hydrogens is 248 g/mol. The van der Waals surface area contributed by atoms with Crippen LogP contribution in [0.2, 0.25) is 0 Å². The van der Waals surface area contributed by atoms with Gasteiger partial charge in [0.25, 0.3) is 0 Å². The molecule has 1 aromatic heterocycles. The summed E-state index contributed by atoms with van der Waals surface area (Å²) in [5.41, 5.74) is 7.46. The fourth-order valence-electron chi connectivity index (χ4n) is 2.74. The first-order chi connectivity index (χ1) is 8.67. The molecule has 1 aliphatic rings. The van der Waals surface area contributed by atoms with Crippen LogP contribution in [-0.4, -0.2) is 50.5 Å². The van der Waals surface area contributed by atoms with E-state index in [1.165, 1.54) is 5.56 Å². The molecule has 102 valence electrons. The monoisotopic (exact) mass is 270 g/mol. The molecule has 2 rings (SSSR count). The Kier molecular flexibility index (Phi) is 4.75. The van der Waals surface area contributed by atoms with Crippen LogP contribution < -0.4 is 5.73 Å². The van der Waals surface area contributed by atoms with Crippen molar-refractivity contribution < 1.29 is 9.47 Å². The molecule has 4 atom stereocenters. The molecule has 0 aliphatic carbocycles. The van der Waals surface area contributed by atoms with Crippen molar-refractivity contribution in [2.24, 2.45) is 5.73 Å². The predicted molar refractivity (Wildman–Crippen MR) is 73.9 cm³/mol. The lowest BCUT2D eigenvalue weighted by Gasteiger charge is -2.30. The van der Waals surface area contributed by atoms with Crippen molar-refractivity contribution in [2.45, 2.75) is 31.2 Å². The third kappa shape index (κ3) is 2.75. The number of nitrogens with two attached hydrogens (primary N) is 1. The second kappa shape index (κ2) is 6.12. The Hall–Kier alpha value is -0.460. The van der Waals surface area contributed by atoms with Gasteiger partial charge in [0, 0.05) is 33.4 Å². The van der Waals surface area contributed by atoms with Gasteiger partial charge in [0.15, 0.2) is 0 Å². The summed E-state index contributed by atoms with van der Waals surface area (Å²) in [4.78, 5) is 2.37. The van der Waals surface area contributed by atoms with E-state index >= 15 is 0 Å². The average Bonchev–Trinajstić information content (AvgIpc) is 2.98. The molecule has 0 saturated carbocycles. The minimum atomic E-state index is 0.0905. The summed E-state index contributed by atoms with van der Waals surface area (Å²) >= 11 is 1.71. The molecule has 0 aromatic carbocycles. The van der Waals surface area contributed by atoms with Crippen molar-refractivity contribution in [3.63, 3.8) is 0 Å². The van der Waals surface area contributed by atoms with Crippen molar-refractivity contribution in [3.05, 3.63) is 22.4 Å². The van der Waals surface area contributed by atoms with Gasteiger partial charge in [-0.05, 0) is 29.3 Å². The van der Waals surface area contributed by atoms with Gasteiger partial charge in [0.05, 0.1) is 18.2 Å². The number of hydrogen-bond donors (Lipinski definition) is 1. The Morgan fingerprint density at radius 3 is 2.33 bits per heavy atom. The zero-order valence-electron chi connectivity index (χ0n) is 11.2. The number of thiophene rings is 1. The Balaban J connectivity index is 2.14. The van der Waals surface area contributed by atoms with E-state index in [0.717, 1.165) is 13.1 Å². The Bertz CT molecular complexity index is 344. The highest BCUT2D eigenvalue weighted by Crippen LogP contribution is 2.30. The number of nitrogens with zero attached hydrogens (tertiary/aromatic N) is 1. The van der Waals surface area contributed by atoms with E-state index in [0.29, 0.717) is 0 Å². The topological polar surface area (TPSA) is 47.7 Å². The fraction of sp³-hybridized carbons (Fsp3) is 0.692. The highest BCUT2D eigenvalue weighted by Gasteiger charge is 2.38.